The molecule has 0 unspecified atom stereocenters. The van der Waals surface area contributed by atoms with Crippen LogP contribution in [0.2, 0.25) is 0 Å². The lowest BCUT2D eigenvalue weighted by atomic mass is 9.88. The van der Waals surface area contributed by atoms with E-state index in [-0.39, 0.29) is 6.04 Å². The third-order valence-electron chi connectivity index (χ3n) is 4.43. The van der Waals surface area contributed by atoms with Gasteiger partial charge in [0, 0.05) is 17.2 Å². The first-order valence-corrected chi connectivity index (χ1v) is 8.74. The monoisotopic (exact) mass is 366 g/mol. The fourth-order valence-electron chi connectivity index (χ4n) is 3.00. The molecule has 0 bridgehead atoms. The van der Waals surface area contributed by atoms with Gasteiger partial charge in [-0.1, -0.05) is 36.4 Å². The van der Waals surface area contributed by atoms with Gasteiger partial charge in [0.2, 0.25) is 0 Å². The van der Waals surface area contributed by atoms with Gasteiger partial charge >= 0.3 is 12.0 Å². The number of para-hydroxylation sites is 2. The average Bonchev–Trinajstić information content (AvgIpc) is 3.47. The summed E-state index contributed by atoms with van der Waals surface area (Å²) < 4.78 is 11.0. The summed E-state index contributed by atoms with van der Waals surface area (Å²) >= 11 is 0. The maximum Gasteiger partial charge on any atom is 0.321 e. The van der Waals surface area contributed by atoms with E-state index in [9.17, 15) is 14.4 Å². The van der Waals surface area contributed by atoms with E-state index in [0.717, 1.165) is 12.8 Å². The van der Waals surface area contributed by atoms with Gasteiger partial charge in [0.1, 0.15) is 17.4 Å². The highest BCUT2D eigenvalue weighted by molar-refractivity contribution is 5.96. The fraction of sp³-hybridized carbons (Fsp3) is 0.250. The van der Waals surface area contributed by atoms with Crippen LogP contribution in [0.3, 0.4) is 0 Å². The van der Waals surface area contributed by atoms with E-state index in [4.69, 9.17) is 9.47 Å². The minimum atomic E-state index is -0.695. The van der Waals surface area contributed by atoms with Gasteiger partial charge < -0.3 is 14.8 Å². The van der Waals surface area contributed by atoms with E-state index in [1.807, 2.05) is 24.3 Å². The van der Waals surface area contributed by atoms with Gasteiger partial charge in [0.05, 0.1) is 0 Å². The number of benzene rings is 2. The molecule has 7 heteroatoms. The normalized spacial score (nSPS) is 15.0. The molecule has 7 nitrogen and oxygen atoms in total. The first-order chi connectivity index (χ1) is 13.1. The van der Waals surface area contributed by atoms with Crippen molar-refractivity contribution in [2.75, 3.05) is 6.61 Å². The maximum atomic E-state index is 12.7. The molecule has 2 aliphatic rings. The van der Waals surface area contributed by atoms with Crippen molar-refractivity contribution in [3.63, 3.8) is 0 Å². The molecule has 0 saturated heterocycles. The summed E-state index contributed by atoms with van der Waals surface area (Å²) in [5.74, 6) is -0.789. The number of hydrogen-bond donors (Lipinski definition) is 2. The molecule has 2 N–H and O–H groups in total. The number of ether oxygens (including phenoxy) is 2. The molecule has 0 atom stereocenters. The van der Waals surface area contributed by atoms with E-state index >= 15 is 0 Å². The predicted octanol–water partition coefficient (Wildman–Crippen LogP) is 2.46. The van der Waals surface area contributed by atoms with Crippen LogP contribution in [0.1, 0.15) is 29.9 Å². The Hall–Kier alpha value is -3.35. The topological polar surface area (TPSA) is 93.7 Å². The molecule has 2 aromatic carbocycles. The van der Waals surface area contributed by atoms with Crippen molar-refractivity contribution >= 4 is 17.9 Å². The van der Waals surface area contributed by atoms with Crippen molar-refractivity contribution in [2.45, 2.75) is 24.8 Å². The number of carbonyl (C=O) groups excluding carboxylic acids is 3. The number of urea groups is 1. The van der Waals surface area contributed by atoms with Crippen molar-refractivity contribution in [1.29, 1.82) is 0 Å². The Bertz CT molecular complexity index is 861. The van der Waals surface area contributed by atoms with Gasteiger partial charge in [-0.2, -0.15) is 0 Å². The summed E-state index contributed by atoms with van der Waals surface area (Å²) in [5.41, 5.74) is 1.35. The minimum Gasteiger partial charge on any atom is -0.457 e. The lowest BCUT2D eigenvalue weighted by Crippen LogP contribution is -2.42. The Morgan fingerprint density at radius 3 is 2.15 bits per heavy atom. The Kier molecular flexibility index (Phi) is 4.50. The summed E-state index contributed by atoms with van der Waals surface area (Å²) in [4.78, 5) is 36.2. The molecule has 0 radical (unpaired) electrons. The van der Waals surface area contributed by atoms with E-state index in [1.54, 1.807) is 24.3 Å². The van der Waals surface area contributed by atoms with Crippen LogP contribution in [0.15, 0.2) is 48.5 Å². The van der Waals surface area contributed by atoms with Crippen LogP contribution in [0, 0.1) is 0 Å². The first kappa shape index (κ1) is 17.1. The molecule has 1 saturated carbocycles. The van der Waals surface area contributed by atoms with Crippen LogP contribution in [0.5, 0.6) is 11.5 Å². The molecular weight excluding hydrogens is 348 g/mol. The number of hydrogen-bond acceptors (Lipinski definition) is 5. The molecule has 0 aromatic heterocycles. The first-order valence-electron chi connectivity index (χ1n) is 8.74. The SMILES string of the molecule is O=C(COC(=O)C1c2ccccc2Oc2ccccc21)NC(=O)NC1CC1. The number of amides is 3. The lowest BCUT2D eigenvalue weighted by molar-refractivity contribution is -0.149. The van der Waals surface area contributed by atoms with Crippen molar-refractivity contribution < 1.29 is 23.9 Å². The van der Waals surface area contributed by atoms with Gasteiger partial charge in [-0.15, -0.1) is 0 Å². The number of imide groups is 1. The highest BCUT2D eigenvalue weighted by atomic mass is 16.5. The van der Waals surface area contributed by atoms with E-state index < -0.39 is 30.4 Å². The standard InChI is InChI=1S/C20H18N2O5/c23-17(22-20(25)21-12-9-10-12)11-26-19(24)18-13-5-1-3-7-15(13)27-16-8-4-2-6-14(16)18/h1-8,12,18H,9-11H2,(H2,21,22,23,25). The molecule has 27 heavy (non-hydrogen) atoms. The minimum absolute atomic E-state index is 0.135. The highest BCUT2D eigenvalue weighted by Gasteiger charge is 2.34. The molecule has 0 spiro atoms. The number of fused-ring (bicyclic) bond motifs is 2. The largest absolute Gasteiger partial charge is 0.457 e. The molecule has 1 aliphatic heterocycles. The van der Waals surface area contributed by atoms with Crippen molar-refractivity contribution in [3.05, 3.63) is 59.7 Å². The fourth-order valence-corrected chi connectivity index (χ4v) is 3.00. The lowest BCUT2D eigenvalue weighted by Gasteiger charge is -2.26. The van der Waals surface area contributed by atoms with Crippen LogP contribution in [0.4, 0.5) is 4.79 Å². The number of rotatable bonds is 4. The van der Waals surface area contributed by atoms with Gasteiger partial charge in [0.15, 0.2) is 6.61 Å². The second kappa shape index (κ2) is 7.11. The van der Waals surface area contributed by atoms with Crippen LogP contribution >= 0.6 is 0 Å². The zero-order valence-electron chi connectivity index (χ0n) is 14.4. The quantitative estimate of drug-likeness (QED) is 0.811. The number of carbonyl (C=O) groups is 3. The van der Waals surface area contributed by atoms with Crippen molar-refractivity contribution in [1.82, 2.24) is 10.6 Å². The molecule has 1 aliphatic carbocycles. The molecular formula is C20H18N2O5. The van der Waals surface area contributed by atoms with Crippen LogP contribution < -0.4 is 15.4 Å². The second-order valence-corrected chi connectivity index (χ2v) is 6.51. The van der Waals surface area contributed by atoms with Crippen LogP contribution in [0.25, 0.3) is 0 Å². The molecule has 3 amide bonds. The molecule has 138 valence electrons. The van der Waals surface area contributed by atoms with Crippen LogP contribution in [-0.4, -0.2) is 30.6 Å². The average molecular weight is 366 g/mol. The zero-order valence-corrected chi connectivity index (χ0v) is 14.4. The Morgan fingerprint density at radius 2 is 1.56 bits per heavy atom. The Balaban J connectivity index is 1.45. The Morgan fingerprint density at radius 1 is 0.963 bits per heavy atom. The van der Waals surface area contributed by atoms with Gasteiger partial charge in [-0.05, 0) is 25.0 Å². The van der Waals surface area contributed by atoms with Crippen molar-refractivity contribution in [3.8, 4) is 11.5 Å². The summed E-state index contributed by atoms with van der Waals surface area (Å²) in [6.45, 7) is -0.529. The Labute approximate surface area is 155 Å². The smallest absolute Gasteiger partial charge is 0.321 e. The summed E-state index contributed by atoms with van der Waals surface area (Å²) in [5, 5.41) is 4.79. The molecule has 4 rings (SSSR count). The van der Waals surface area contributed by atoms with Crippen molar-refractivity contribution in [2.24, 2.45) is 0 Å². The highest BCUT2D eigenvalue weighted by Crippen LogP contribution is 2.44. The third kappa shape index (κ3) is 3.76. The zero-order chi connectivity index (χ0) is 18.8. The predicted molar refractivity (Wildman–Crippen MR) is 95.5 cm³/mol. The van der Waals surface area contributed by atoms with Gasteiger partial charge in [0.25, 0.3) is 5.91 Å². The number of esters is 1. The molecule has 2 aromatic rings. The molecule has 1 fully saturated rings. The van der Waals surface area contributed by atoms with Gasteiger partial charge in [-0.3, -0.25) is 14.9 Å². The summed E-state index contributed by atoms with van der Waals surface area (Å²) in [6, 6.07) is 14.0. The van der Waals surface area contributed by atoms with Crippen LogP contribution in [-0.2, 0) is 14.3 Å². The maximum absolute atomic E-state index is 12.7. The van der Waals surface area contributed by atoms with E-state index in [0.29, 0.717) is 22.6 Å². The summed E-state index contributed by atoms with van der Waals surface area (Å²) in [6.07, 6.45) is 1.83. The van der Waals surface area contributed by atoms with E-state index in [2.05, 4.69) is 10.6 Å². The third-order valence-corrected chi connectivity index (χ3v) is 4.43. The number of nitrogens with one attached hydrogen (secondary N) is 2. The van der Waals surface area contributed by atoms with E-state index in [1.165, 1.54) is 0 Å². The summed E-state index contributed by atoms with van der Waals surface area (Å²) in [7, 11) is 0. The van der Waals surface area contributed by atoms with Gasteiger partial charge in [-0.25, -0.2) is 4.79 Å². The second-order valence-electron chi connectivity index (χ2n) is 6.51. The molecule has 1 heterocycles.